The van der Waals surface area contributed by atoms with Crippen molar-refractivity contribution in [2.75, 3.05) is 7.11 Å². The van der Waals surface area contributed by atoms with Gasteiger partial charge in [-0.3, -0.25) is 4.79 Å². The highest BCUT2D eigenvalue weighted by atomic mass is 16.9. The van der Waals surface area contributed by atoms with Gasteiger partial charge in [-0.25, -0.2) is 0 Å². The molecule has 4 fully saturated rings. The third-order valence-electron chi connectivity index (χ3n) is 11.6. The maximum absolute atomic E-state index is 12.9. The number of esters is 1. The molecule has 13 heteroatoms. The lowest BCUT2D eigenvalue weighted by molar-refractivity contribution is -0.320. The average Bonchev–Trinajstić information content (AvgIpc) is 3.81. The number of ether oxygens (including phenoxy) is 12. The molecule has 0 radical (unpaired) electrons. The lowest BCUT2D eigenvalue weighted by Gasteiger charge is -2.46. The van der Waals surface area contributed by atoms with Crippen LogP contribution in [0.3, 0.4) is 0 Å². The highest BCUT2D eigenvalue weighted by Gasteiger charge is 2.62. The Morgan fingerprint density at radius 2 is 1.06 bits per heavy atom. The highest BCUT2D eigenvalue weighted by molar-refractivity contribution is 5.66. The van der Waals surface area contributed by atoms with Crippen LogP contribution in [0.4, 0.5) is 0 Å². The SMILES string of the molecule is CO[C@@H]1O[C@H](C[C@@H](C#C[C@@H](OCc2ccccc2)[C@H]2O[C@@H]3OC(C)(C)O[C@@H]3[C@H]3OC(C)(C)O[C@H]32)OC(C)=O)[C@H](OCc2ccccc2)[C@H](OCc2ccccc2)[C@H]1OCc1ccccc1. The molecule has 0 spiro atoms. The van der Waals surface area contributed by atoms with Crippen molar-refractivity contribution in [3.8, 4) is 11.8 Å². The first-order valence-corrected chi connectivity index (χ1v) is 22.3. The lowest BCUT2D eigenvalue weighted by Crippen LogP contribution is -2.61. The van der Waals surface area contributed by atoms with E-state index in [1.165, 1.54) is 6.92 Å². The van der Waals surface area contributed by atoms with Crippen molar-refractivity contribution in [3.63, 3.8) is 0 Å². The van der Waals surface area contributed by atoms with Crippen LogP contribution in [0.2, 0.25) is 0 Å². The normalized spacial score (nSPS) is 29.7. The topological polar surface area (TPSA) is 128 Å². The molecule has 346 valence electrons. The van der Waals surface area contributed by atoms with Crippen LogP contribution in [-0.2, 0) is 88.1 Å². The summed E-state index contributed by atoms with van der Waals surface area (Å²) in [5, 5.41) is 0. The standard InChI is InChI=1S/C52H60O13/c1-34(53)59-39(27-28-40(55-30-35-19-11-7-12-20-35)43-45-46(63-51(2,3)62-45)48-50(61-43)65-52(4,5)64-48)29-41-42(56-31-36-21-13-8-14-22-36)44(57-32-37-23-15-9-16-24-37)47(49(54-6)60-41)58-33-38-25-17-10-18-26-38/h7-26,39-50H,29-33H2,1-6H3/t39-,40-,41-,42+,43-,44+,45+,46+,47-,48-,49-,50-/m1/s1. The summed E-state index contributed by atoms with van der Waals surface area (Å²) in [5.74, 6) is 4.15. The molecule has 0 saturated carbocycles. The smallest absolute Gasteiger partial charge is 0.303 e. The summed E-state index contributed by atoms with van der Waals surface area (Å²) >= 11 is 0. The zero-order valence-electron chi connectivity index (χ0n) is 37.8. The molecule has 13 nitrogen and oxygen atoms in total. The summed E-state index contributed by atoms with van der Waals surface area (Å²) in [6.45, 7) is 9.69. The molecule has 0 unspecified atom stereocenters. The molecule has 65 heavy (non-hydrogen) atoms. The molecule has 0 bridgehead atoms. The molecule has 4 heterocycles. The first-order chi connectivity index (χ1) is 31.4. The maximum atomic E-state index is 12.9. The van der Waals surface area contributed by atoms with Gasteiger partial charge in [0.1, 0.15) is 48.8 Å². The Balaban J connectivity index is 1.12. The summed E-state index contributed by atoms with van der Waals surface area (Å²) in [4.78, 5) is 12.9. The molecule has 4 aromatic carbocycles. The lowest BCUT2D eigenvalue weighted by atomic mass is 9.93. The van der Waals surface area contributed by atoms with Crippen LogP contribution in [0.15, 0.2) is 121 Å². The van der Waals surface area contributed by atoms with Crippen molar-refractivity contribution in [2.45, 2.75) is 153 Å². The Bertz CT molecular complexity index is 2160. The molecule has 12 atom stereocenters. The van der Waals surface area contributed by atoms with Crippen LogP contribution in [0.25, 0.3) is 0 Å². The predicted octanol–water partition coefficient (Wildman–Crippen LogP) is 7.42. The zero-order valence-corrected chi connectivity index (χ0v) is 37.8. The number of hydrogen-bond donors (Lipinski definition) is 0. The summed E-state index contributed by atoms with van der Waals surface area (Å²) in [6, 6.07) is 39.4. The quantitative estimate of drug-likeness (QED) is 0.0772. The van der Waals surface area contributed by atoms with Gasteiger partial charge in [-0.1, -0.05) is 133 Å². The van der Waals surface area contributed by atoms with Gasteiger partial charge >= 0.3 is 5.97 Å². The minimum Gasteiger partial charge on any atom is -0.449 e. The van der Waals surface area contributed by atoms with Gasteiger partial charge in [0, 0.05) is 20.5 Å². The summed E-state index contributed by atoms with van der Waals surface area (Å²) in [7, 11) is 1.57. The van der Waals surface area contributed by atoms with Crippen LogP contribution in [0.1, 0.15) is 63.3 Å². The van der Waals surface area contributed by atoms with Gasteiger partial charge in [0.05, 0.1) is 32.5 Å². The first-order valence-electron chi connectivity index (χ1n) is 22.3. The molecule has 0 aliphatic carbocycles. The van der Waals surface area contributed by atoms with Gasteiger partial charge in [-0.05, 0) is 49.9 Å². The van der Waals surface area contributed by atoms with Crippen LogP contribution < -0.4 is 0 Å². The Hall–Kier alpha value is -4.53. The third kappa shape index (κ3) is 12.3. The average molecular weight is 893 g/mol. The molecule has 8 rings (SSSR count). The van der Waals surface area contributed by atoms with E-state index < -0.39 is 91.2 Å². The van der Waals surface area contributed by atoms with E-state index in [0.29, 0.717) is 0 Å². The van der Waals surface area contributed by atoms with Crippen LogP contribution in [-0.4, -0.2) is 98.3 Å². The Labute approximate surface area is 381 Å². The summed E-state index contributed by atoms with van der Waals surface area (Å²) in [6.07, 6.45) is -8.98. The van der Waals surface area contributed by atoms with Gasteiger partial charge in [-0.2, -0.15) is 0 Å². The molecule has 4 aliphatic rings. The van der Waals surface area contributed by atoms with E-state index in [9.17, 15) is 4.79 Å². The number of benzene rings is 4. The number of hydrogen-bond acceptors (Lipinski definition) is 13. The Morgan fingerprint density at radius 3 is 1.60 bits per heavy atom. The Kier molecular flexibility index (Phi) is 15.5. The van der Waals surface area contributed by atoms with E-state index >= 15 is 0 Å². The van der Waals surface area contributed by atoms with E-state index in [1.807, 2.05) is 149 Å². The van der Waals surface area contributed by atoms with Crippen LogP contribution in [0.5, 0.6) is 0 Å². The molecule has 0 amide bonds. The molecule has 4 aliphatic heterocycles. The molecular weight excluding hydrogens is 833 g/mol. The fourth-order valence-electron chi connectivity index (χ4n) is 8.71. The molecule has 4 saturated heterocycles. The number of carbonyl (C=O) groups is 1. The van der Waals surface area contributed by atoms with Crippen LogP contribution >= 0.6 is 0 Å². The van der Waals surface area contributed by atoms with Gasteiger partial charge in [0.15, 0.2) is 30.3 Å². The molecular formula is C52H60O13. The number of carbonyl (C=O) groups excluding carboxylic acids is 1. The maximum Gasteiger partial charge on any atom is 0.303 e. The fourth-order valence-corrected chi connectivity index (χ4v) is 8.71. The fraction of sp³-hybridized carbons (Fsp3) is 0.481. The zero-order chi connectivity index (χ0) is 45.4. The summed E-state index contributed by atoms with van der Waals surface area (Å²) < 4.78 is 77.8. The minimum absolute atomic E-state index is 0.0773. The van der Waals surface area contributed by atoms with Crippen molar-refractivity contribution < 1.29 is 61.6 Å². The first kappa shape index (κ1) is 47.0. The van der Waals surface area contributed by atoms with Crippen LogP contribution in [0, 0.1) is 11.8 Å². The minimum atomic E-state index is -1.01. The van der Waals surface area contributed by atoms with E-state index in [4.69, 9.17) is 56.8 Å². The second-order valence-electron chi connectivity index (χ2n) is 17.5. The van der Waals surface area contributed by atoms with Crippen molar-refractivity contribution in [1.82, 2.24) is 0 Å². The largest absolute Gasteiger partial charge is 0.449 e. The van der Waals surface area contributed by atoms with Crippen molar-refractivity contribution in [3.05, 3.63) is 144 Å². The van der Waals surface area contributed by atoms with Gasteiger partial charge < -0.3 is 56.8 Å². The monoisotopic (exact) mass is 892 g/mol. The molecule has 0 N–H and O–H groups in total. The van der Waals surface area contributed by atoms with E-state index in [1.54, 1.807) is 7.11 Å². The second-order valence-corrected chi connectivity index (χ2v) is 17.5. The van der Waals surface area contributed by atoms with Crippen molar-refractivity contribution in [2.24, 2.45) is 0 Å². The highest BCUT2D eigenvalue weighted by Crippen LogP contribution is 2.45. The summed E-state index contributed by atoms with van der Waals surface area (Å²) in [5.41, 5.74) is 3.82. The Morgan fingerprint density at radius 1 is 0.585 bits per heavy atom. The van der Waals surface area contributed by atoms with Crippen molar-refractivity contribution >= 4 is 5.97 Å². The van der Waals surface area contributed by atoms with E-state index in [-0.39, 0.29) is 32.8 Å². The number of rotatable bonds is 17. The van der Waals surface area contributed by atoms with Gasteiger partial charge in [-0.15, -0.1) is 0 Å². The van der Waals surface area contributed by atoms with Crippen molar-refractivity contribution in [1.29, 1.82) is 0 Å². The van der Waals surface area contributed by atoms with Gasteiger partial charge in [0.2, 0.25) is 0 Å². The molecule has 4 aromatic rings. The number of methoxy groups -OCH3 is 1. The second kappa shape index (κ2) is 21.4. The molecule has 0 aromatic heterocycles. The van der Waals surface area contributed by atoms with E-state index in [0.717, 1.165) is 22.3 Å². The van der Waals surface area contributed by atoms with Gasteiger partial charge in [0.25, 0.3) is 0 Å². The third-order valence-corrected chi connectivity index (χ3v) is 11.6. The van der Waals surface area contributed by atoms with E-state index in [2.05, 4.69) is 11.8 Å². The number of fused-ring (bicyclic) bond motifs is 3. The predicted molar refractivity (Wildman–Crippen MR) is 236 cm³/mol.